The third-order valence-corrected chi connectivity index (χ3v) is 4.85. The Hall–Kier alpha value is -1.08. The van der Waals surface area contributed by atoms with Gasteiger partial charge in [-0.25, -0.2) is 4.98 Å². The zero-order valence-electron chi connectivity index (χ0n) is 11.4. The van der Waals surface area contributed by atoms with Crippen molar-refractivity contribution in [3.05, 3.63) is 18.2 Å². The van der Waals surface area contributed by atoms with Crippen molar-refractivity contribution >= 4 is 0 Å². The standard InChI is InChI=1S/C13H19F3N4/c1-2-20-4-3-19-10(20)5-17-7-11-6-12(11,9-18-8-11)13(14,15)16/h3-4,17-18H,2,5-9H2,1H3/t11-,12+/m0/s1. The van der Waals surface area contributed by atoms with Crippen LogP contribution in [0.5, 0.6) is 0 Å². The Kier molecular flexibility index (Phi) is 3.10. The number of halogens is 3. The summed E-state index contributed by atoms with van der Waals surface area (Å²) in [5.41, 5.74) is -2.16. The minimum atomic E-state index is -4.11. The topological polar surface area (TPSA) is 41.9 Å². The number of aryl methyl sites for hydroxylation is 1. The van der Waals surface area contributed by atoms with Gasteiger partial charge in [0.15, 0.2) is 0 Å². The first-order valence-corrected chi connectivity index (χ1v) is 6.92. The van der Waals surface area contributed by atoms with Gasteiger partial charge in [0, 0.05) is 44.0 Å². The number of nitrogens with one attached hydrogen (secondary N) is 2. The average Bonchev–Trinajstić information content (AvgIpc) is 2.75. The summed E-state index contributed by atoms with van der Waals surface area (Å²) in [6.45, 7) is 4.23. The van der Waals surface area contributed by atoms with E-state index in [1.54, 1.807) is 6.20 Å². The van der Waals surface area contributed by atoms with E-state index in [2.05, 4.69) is 15.6 Å². The number of fused-ring (bicyclic) bond motifs is 1. The Bertz CT molecular complexity index is 498. The second kappa shape index (κ2) is 4.46. The Morgan fingerprint density at radius 2 is 2.25 bits per heavy atom. The van der Waals surface area contributed by atoms with Gasteiger partial charge in [0.25, 0.3) is 0 Å². The molecule has 0 amide bonds. The fourth-order valence-electron chi connectivity index (χ4n) is 3.53. The molecule has 1 saturated carbocycles. The Morgan fingerprint density at radius 3 is 2.90 bits per heavy atom. The maximum absolute atomic E-state index is 13.2. The summed E-state index contributed by atoms with van der Waals surface area (Å²) in [7, 11) is 0. The zero-order chi connectivity index (χ0) is 14.4. The van der Waals surface area contributed by atoms with E-state index in [0.717, 1.165) is 12.4 Å². The smallest absolute Gasteiger partial charge is 0.334 e. The predicted molar refractivity (Wildman–Crippen MR) is 68.0 cm³/mol. The van der Waals surface area contributed by atoms with Crippen molar-refractivity contribution in [3.63, 3.8) is 0 Å². The molecule has 1 aromatic rings. The van der Waals surface area contributed by atoms with Crippen LogP contribution in [-0.4, -0.2) is 35.4 Å². The van der Waals surface area contributed by atoms with Crippen molar-refractivity contribution in [1.82, 2.24) is 20.2 Å². The van der Waals surface area contributed by atoms with Gasteiger partial charge in [-0.3, -0.25) is 0 Å². The van der Waals surface area contributed by atoms with E-state index in [1.807, 2.05) is 17.7 Å². The molecule has 112 valence electrons. The fraction of sp³-hybridized carbons (Fsp3) is 0.769. The van der Waals surface area contributed by atoms with Crippen LogP contribution in [0.2, 0.25) is 0 Å². The number of hydrogen-bond acceptors (Lipinski definition) is 3. The lowest BCUT2D eigenvalue weighted by Crippen LogP contribution is -2.35. The van der Waals surface area contributed by atoms with Crippen LogP contribution in [0.4, 0.5) is 13.2 Å². The van der Waals surface area contributed by atoms with Crippen molar-refractivity contribution < 1.29 is 13.2 Å². The molecule has 3 rings (SSSR count). The molecule has 1 aliphatic heterocycles. The molecule has 2 aliphatic rings. The van der Waals surface area contributed by atoms with Gasteiger partial charge in [0.05, 0.1) is 12.0 Å². The van der Waals surface area contributed by atoms with Gasteiger partial charge in [-0.2, -0.15) is 13.2 Å². The summed E-state index contributed by atoms with van der Waals surface area (Å²) in [5, 5.41) is 6.06. The van der Waals surface area contributed by atoms with Gasteiger partial charge in [0.1, 0.15) is 5.82 Å². The lowest BCUT2D eigenvalue weighted by Gasteiger charge is -2.20. The molecule has 2 N–H and O–H groups in total. The van der Waals surface area contributed by atoms with Crippen LogP contribution in [0.3, 0.4) is 0 Å². The van der Waals surface area contributed by atoms with Gasteiger partial charge in [-0.1, -0.05) is 0 Å². The van der Waals surface area contributed by atoms with Crippen LogP contribution in [-0.2, 0) is 13.1 Å². The molecule has 0 unspecified atom stereocenters. The fourth-order valence-corrected chi connectivity index (χ4v) is 3.53. The van der Waals surface area contributed by atoms with Gasteiger partial charge < -0.3 is 15.2 Å². The number of piperidine rings is 1. The van der Waals surface area contributed by atoms with E-state index in [1.165, 1.54) is 0 Å². The van der Waals surface area contributed by atoms with E-state index >= 15 is 0 Å². The molecule has 0 aromatic carbocycles. The van der Waals surface area contributed by atoms with E-state index in [-0.39, 0.29) is 13.0 Å². The van der Waals surface area contributed by atoms with E-state index in [4.69, 9.17) is 0 Å². The van der Waals surface area contributed by atoms with Crippen molar-refractivity contribution in [2.75, 3.05) is 19.6 Å². The van der Waals surface area contributed by atoms with Crippen molar-refractivity contribution in [2.45, 2.75) is 32.6 Å². The third-order valence-electron chi connectivity index (χ3n) is 4.85. The maximum atomic E-state index is 13.2. The van der Waals surface area contributed by atoms with E-state index in [9.17, 15) is 13.2 Å². The van der Waals surface area contributed by atoms with E-state index < -0.39 is 17.0 Å². The van der Waals surface area contributed by atoms with Crippen LogP contribution < -0.4 is 10.6 Å². The van der Waals surface area contributed by atoms with Crippen LogP contribution in [0, 0.1) is 10.8 Å². The molecule has 2 fully saturated rings. The van der Waals surface area contributed by atoms with Gasteiger partial charge in [-0.05, 0) is 13.3 Å². The number of hydrogen-bond donors (Lipinski definition) is 2. The molecule has 2 atom stereocenters. The summed E-state index contributed by atoms with van der Waals surface area (Å²) >= 11 is 0. The normalized spacial score (nSPS) is 32.4. The highest BCUT2D eigenvalue weighted by Crippen LogP contribution is 2.72. The van der Waals surface area contributed by atoms with E-state index in [0.29, 0.717) is 19.6 Å². The molecule has 1 aromatic heterocycles. The van der Waals surface area contributed by atoms with Crippen LogP contribution in [0.25, 0.3) is 0 Å². The summed E-state index contributed by atoms with van der Waals surface area (Å²) in [6.07, 6.45) is -0.275. The summed E-state index contributed by atoms with van der Waals surface area (Å²) in [4.78, 5) is 4.22. The van der Waals surface area contributed by atoms with Crippen molar-refractivity contribution in [3.8, 4) is 0 Å². The monoisotopic (exact) mass is 288 g/mol. The molecule has 0 bridgehead atoms. The van der Waals surface area contributed by atoms with Crippen molar-refractivity contribution in [2.24, 2.45) is 10.8 Å². The quantitative estimate of drug-likeness (QED) is 0.863. The largest absolute Gasteiger partial charge is 0.396 e. The zero-order valence-corrected chi connectivity index (χ0v) is 11.4. The molecular weight excluding hydrogens is 269 g/mol. The SMILES string of the molecule is CCn1ccnc1CNC[C@@]12CNC[C@]1(C(F)(F)F)C2. The molecule has 1 aliphatic carbocycles. The molecule has 0 spiro atoms. The number of aromatic nitrogens is 2. The summed E-state index contributed by atoms with van der Waals surface area (Å²) in [5.74, 6) is 0.869. The van der Waals surface area contributed by atoms with Crippen LogP contribution in [0.15, 0.2) is 12.4 Å². The van der Waals surface area contributed by atoms with Crippen LogP contribution in [0.1, 0.15) is 19.2 Å². The third kappa shape index (κ3) is 1.87. The predicted octanol–water partition coefficient (Wildman–Crippen LogP) is 1.53. The number of rotatable bonds is 5. The molecule has 20 heavy (non-hydrogen) atoms. The Labute approximate surface area is 115 Å². The molecular formula is C13H19F3N4. The molecule has 1 saturated heterocycles. The molecule has 7 heteroatoms. The summed E-state index contributed by atoms with van der Waals surface area (Å²) < 4.78 is 41.5. The number of imidazole rings is 1. The highest BCUT2D eigenvalue weighted by atomic mass is 19.4. The van der Waals surface area contributed by atoms with Crippen molar-refractivity contribution in [1.29, 1.82) is 0 Å². The van der Waals surface area contributed by atoms with Gasteiger partial charge in [-0.15, -0.1) is 0 Å². The summed E-state index contributed by atoms with van der Waals surface area (Å²) in [6, 6.07) is 0. The number of alkyl halides is 3. The second-order valence-corrected chi connectivity index (χ2v) is 5.87. The van der Waals surface area contributed by atoms with Crippen LogP contribution >= 0.6 is 0 Å². The Balaban J connectivity index is 1.60. The van der Waals surface area contributed by atoms with Gasteiger partial charge >= 0.3 is 6.18 Å². The minimum Gasteiger partial charge on any atom is -0.334 e. The van der Waals surface area contributed by atoms with Gasteiger partial charge in [0.2, 0.25) is 0 Å². The first kappa shape index (κ1) is 13.9. The molecule has 4 nitrogen and oxygen atoms in total. The minimum absolute atomic E-state index is 0.0573. The molecule has 0 radical (unpaired) electrons. The first-order chi connectivity index (χ1) is 9.44. The average molecular weight is 288 g/mol. The lowest BCUT2D eigenvalue weighted by atomic mass is 9.95. The first-order valence-electron chi connectivity index (χ1n) is 6.92. The highest BCUT2D eigenvalue weighted by molar-refractivity contribution is 5.24. The lowest BCUT2D eigenvalue weighted by molar-refractivity contribution is -0.190. The highest BCUT2D eigenvalue weighted by Gasteiger charge is 2.81. The molecule has 2 heterocycles. The Morgan fingerprint density at radius 1 is 1.45 bits per heavy atom. The maximum Gasteiger partial charge on any atom is 0.396 e. The second-order valence-electron chi connectivity index (χ2n) is 5.87. The number of nitrogens with zero attached hydrogens (tertiary/aromatic N) is 2.